The molecule has 0 spiro atoms. The summed E-state index contributed by atoms with van der Waals surface area (Å²) in [6, 6.07) is 39.5. The van der Waals surface area contributed by atoms with Crippen molar-refractivity contribution >= 4 is 65.2 Å². The zero-order chi connectivity index (χ0) is 43.3. The topological polar surface area (TPSA) is 17.6 Å². The smallest absolute Gasteiger partial charge is 0.237 e. The Bertz CT molecular complexity index is 3420. The maximum atomic E-state index is 8.31. The predicted octanol–water partition coefficient (Wildman–Crippen LogP) is 11.5. The summed E-state index contributed by atoms with van der Waals surface area (Å²) in [5, 5.41) is 8.98. The maximum absolute atomic E-state index is 8.31. The Balaban J connectivity index is 0.000000160. The fourth-order valence-electron chi connectivity index (χ4n) is 8.94. The minimum absolute atomic E-state index is 0.287. The predicted molar refractivity (Wildman–Crippen MR) is 233 cm³/mol. The van der Waals surface area contributed by atoms with Gasteiger partial charge in [-0.2, -0.15) is 9.13 Å². The van der Waals surface area contributed by atoms with Crippen LogP contribution in [0.25, 0.3) is 87.7 Å². The van der Waals surface area contributed by atoms with Crippen LogP contribution in [0.15, 0.2) is 128 Å². The van der Waals surface area contributed by atoms with E-state index in [0.29, 0.717) is 10.9 Å². The summed E-state index contributed by atoms with van der Waals surface area (Å²) in [6.07, 6.45) is 3.89. The summed E-state index contributed by atoms with van der Waals surface area (Å²) >= 11 is 0. The molecule has 0 aliphatic rings. The van der Waals surface area contributed by atoms with E-state index in [1.165, 1.54) is 55.0 Å². The molecule has 0 saturated heterocycles. The highest BCUT2D eigenvalue weighted by atomic mass is 15.0. The quantitative estimate of drug-likeness (QED) is 0.158. The van der Waals surface area contributed by atoms with Gasteiger partial charge in [0.25, 0.3) is 0 Å². The van der Waals surface area contributed by atoms with Gasteiger partial charge >= 0.3 is 0 Å². The van der Waals surface area contributed by atoms with Crippen LogP contribution >= 0.6 is 0 Å². The highest BCUT2D eigenvalue weighted by molar-refractivity contribution is 6.23. The molecule has 0 fully saturated rings. The lowest BCUT2D eigenvalue weighted by molar-refractivity contribution is -0.659. The Morgan fingerprint density at radius 1 is 0.491 bits per heavy atom. The van der Waals surface area contributed by atoms with Gasteiger partial charge in [0.05, 0.1) is 11.1 Å². The third-order valence-electron chi connectivity index (χ3n) is 11.6. The number of hydrogen-bond donors (Lipinski definition) is 0. The molecule has 10 aromatic rings. The van der Waals surface area contributed by atoms with E-state index in [-0.39, 0.29) is 5.56 Å². The molecular formula is C51H48N4+2. The average Bonchev–Trinajstić information content (AvgIpc) is 3.68. The molecule has 0 N–H and O–H groups in total. The second kappa shape index (κ2) is 13.0. The molecule has 55 heavy (non-hydrogen) atoms. The average molecular weight is 723 g/mol. The molecule has 10 rings (SSSR count). The number of rotatable bonds is 2. The van der Waals surface area contributed by atoms with Crippen LogP contribution in [-0.2, 0) is 28.2 Å². The maximum Gasteiger partial charge on any atom is 0.237 e. The molecule has 4 nitrogen and oxygen atoms in total. The fourth-order valence-corrected chi connectivity index (χ4v) is 8.94. The summed E-state index contributed by atoms with van der Waals surface area (Å²) < 4.78 is 56.7. The SMILES string of the molecule is Cc1ccc2c(ccc3c2c2cc[n+](C)c(-c4ccccc4C)c2n3C)c1.[2H]C([2H])([2H])c1ccc(-c2c3c(c(C([2H])([2H])[2H])c[n+]2C)c2c4ccccc4ccc2n3C)c(C)c1. The van der Waals surface area contributed by atoms with Crippen LogP contribution in [-0.4, -0.2) is 9.13 Å². The van der Waals surface area contributed by atoms with Gasteiger partial charge < -0.3 is 9.13 Å². The Morgan fingerprint density at radius 2 is 1.16 bits per heavy atom. The van der Waals surface area contributed by atoms with Gasteiger partial charge in [0, 0.05) is 66.5 Å². The Morgan fingerprint density at radius 3 is 1.95 bits per heavy atom. The van der Waals surface area contributed by atoms with Crippen LogP contribution in [0.3, 0.4) is 0 Å². The number of benzene rings is 6. The van der Waals surface area contributed by atoms with Crippen molar-refractivity contribution < 1.29 is 17.4 Å². The lowest BCUT2D eigenvalue weighted by Crippen LogP contribution is -2.32. The van der Waals surface area contributed by atoms with Crippen molar-refractivity contribution in [1.82, 2.24) is 9.13 Å². The van der Waals surface area contributed by atoms with Crippen LogP contribution in [0, 0.1) is 34.5 Å². The first-order valence-electron chi connectivity index (χ1n) is 21.8. The number of fused-ring (bicyclic) bond motifs is 10. The number of aromatic nitrogens is 4. The summed E-state index contributed by atoms with van der Waals surface area (Å²) in [6.45, 7) is 1.74. The van der Waals surface area contributed by atoms with Crippen molar-refractivity contribution in [2.75, 3.05) is 0 Å². The highest BCUT2D eigenvalue weighted by Gasteiger charge is 2.26. The first-order valence-corrected chi connectivity index (χ1v) is 18.8. The number of hydrogen-bond acceptors (Lipinski definition) is 0. The van der Waals surface area contributed by atoms with Crippen molar-refractivity contribution in [3.8, 4) is 22.5 Å². The van der Waals surface area contributed by atoms with Crippen LogP contribution in [0.1, 0.15) is 36.0 Å². The van der Waals surface area contributed by atoms with Gasteiger partial charge in [0.1, 0.15) is 25.1 Å². The molecule has 0 amide bonds. The van der Waals surface area contributed by atoms with Crippen LogP contribution in [0.4, 0.5) is 0 Å². The molecule has 0 unspecified atom stereocenters. The van der Waals surface area contributed by atoms with Gasteiger partial charge in [-0.15, -0.1) is 0 Å². The molecular weight excluding hydrogens is 669 g/mol. The van der Waals surface area contributed by atoms with Crippen LogP contribution in [0.2, 0.25) is 0 Å². The first kappa shape index (κ1) is 28.2. The van der Waals surface area contributed by atoms with Crippen molar-refractivity contribution in [3.63, 3.8) is 0 Å². The van der Waals surface area contributed by atoms with E-state index in [1.807, 2.05) is 62.0 Å². The summed E-state index contributed by atoms with van der Waals surface area (Å²) in [5.74, 6) is 0. The van der Waals surface area contributed by atoms with E-state index in [1.54, 1.807) is 18.3 Å². The Labute approximate surface area is 331 Å². The lowest BCUT2D eigenvalue weighted by atomic mass is 9.98. The van der Waals surface area contributed by atoms with Gasteiger partial charge in [-0.25, -0.2) is 0 Å². The second-order valence-electron chi connectivity index (χ2n) is 15.1. The Hall–Kier alpha value is -6.26. The van der Waals surface area contributed by atoms with Crippen molar-refractivity contribution in [2.24, 2.45) is 28.2 Å². The van der Waals surface area contributed by atoms with Crippen molar-refractivity contribution in [1.29, 1.82) is 0 Å². The molecule has 6 aromatic carbocycles. The van der Waals surface area contributed by atoms with E-state index in [4.69, 9.17) is 8.22 Å². The monoisotopic (exact) mass is 722 g/mol. The molecule has 0 atom stereocenters. The third-order valence-corrected chi connectivity index (χ3v) is 11.6. The first-order chi connectivity index (χ1) is 29.0. The lowest BCUT2D eigenvalue weighted by Gasteiger charge is -2.10. The minimum atomic E-state index is -2.31. The molecule has 0 bridgehead atoms. The number of nitrogens with zero attached hydrogens (tertiary/aromatic N) is 4. The molecule has 0 radical (unpaired) electrons. The summed E-state index contributed by atoms with van der Waals surface area (Å²) in [7, 11) is 8.13. The summed E-state index contributed by atoms with van der Waals surface area (Å²) in [5.41, 5.74) is 12.6. The zero-order valence-electron chi connectivity index (χ0n) is 38.4. The zero-order valence-corrected chi connectivity index (χ0v) is 32.4. The molecule has 4 heterocycles. The normalized spacial score (nSPS) is 13.8. The minimum Gasteiger partial charge on any atom is -0.338 e. The standard InChI is InChI=1S/C26H25N2.C25H23N2/c1-16-10-12-20(17(2)14-16)25-26-23(18(3)15-27(25)4)24-21-9-7-6-8-19(21)11-13-22(24)28(26)5;1-16-9-11-20-18(15-16)10-12-22-23(20)21-13-14-26(3)24(25(21)27(22)4)19-8-6-5-7-17(19)2/h6-15H,1-5H3;5-15H,1-4H3/q2*+1/i1D3,3D3;. The van der Waals surface area contributed by atoms with E-state index >= 15 is 0 Å². The van der Waals surface area contributed by atoms with Gasteiger partial charge in [0.2, 0.25) is 11.4 Å². The number of aryl methyl sites for hydroxylation is 9. The van der Waals surface area contributed by atoms with Gasteiger partial charge in [0.15, 0.2) is 12.4 Å². The third kappa shape index (κ3) is 5.34. The van der Waals surface area contributed by atoms with Crippen LogP contribution in [0.5, 0.6) is 0 Å². The molecule has 0 aliphatic heterocycles. The molecule has 0 aliphatic carbocycles. The highest BCUT2D eigenvalue weighted by Crippen LogP contribution is 2.40. The fraction of sp³-hybridized carbons (Fsp3) is 0.176. The van der Waals surface area contributed by atoms with Crippen molar-refractivity contribution in [2.45, 2.75) is 34.5 Å². The number of pyridine rings is 2. The molecule has 4 aromatic heterocycles. The van der Waals surface area contributed by atoms with Gasteiger partial charge in [-0.1, -0.05) is 96.1 Å². The molecule has 270 valence electrons. The van der Waals surface area contributed by atoms with E-state index in [0.717, 1.165) is 44.0 Å². The largest absolute Gasteiger partial charge is 0.338 e. The van der Waals surface area contributed by atoms with Gasteiger partial charge in [-0.3, -0.25) is 0 Å². The van der Waals surface area contributed by atoms with Crippen molar-refractivity contribution in [3.05, 3.63) is 155 Å². The van der Waals surface area contributed by atoms with Crippen LogP contribution < -0.4 is 9.13 Å². The molecule has 0 saturated carbocycles. The van der Waals surface area contributed by atoms with Gasteiger partial charge in [-0.05, 0) is 91.4 Å². The van der Waals surface area contributed by atoms with E-state index in [2.05, 4.69) is 115 Å². The van der Waals surface area contributed by atoms with E-state index < -0.39 is 13.7 Å². The second-order valence-corrected chi connectivity index (χ2v) is 15.1. The molecule has 4 heteroatoms. The summed E-state index contributed by atoms with van der Waals surface area (Å²) in [4.78, 5) is 0. The Kier molecular flexibility index (Phi) is 6.64. The van der Waals surface area contributed by atoms with E-state index in [9.17, 15) is 0 Å².